The minimum absolute atomic E-state index is 0.0578. The largest absolute Gasteiger partial charge is 0.494 e. The minimum Gasteiger partial charge on any atom is -0.494 e. The van der Waals surface area contributed by atoms with Crippen molar-refractivity contribution >= 4 is 35.0 Å². The second-order valence-electron chi connectivity index (χ2n) is 5.98. The number of anilines is 1. The number of thioether (sulfide) groups is 1. The van der Waals surface area contributed by atoms with Crippen molar-refractivity contribution in [3.63, 3.8) is 0 Å². The van der Waals surface area contributed by atoms with Gasteiger partial charge in [-0.2, -0.15) is 4.68 Å². The lowest BCUT2D eigenvalue weighted by atomic mass is 10.1. The van der Waals surface area contributed by atoms with Gasteiger partial charge in [-0.25, -0.2) is 0 Å². The Bertz CT molecular complexity index is 993. The van der Waals surface area contributed by atoms with Crippen LogP contribution in [0.25, 0.3) is 5.69 Å². The van der Waals surface area contributed by atoms with Crippen LogP contribution in [-0.2, 0) is 11.2 Å². The smallest absolute Gasteiger partial charge is 0.237 e. The van der Waals surface area contributed by atoms with Crippen molar-refractivity contribution in [3.05, 3.63) is 53.1 Å². The molecule has 0 unspecified atom stereocenters. The number of amides is 1. The quantitative estimate of drug-likeness (QED) is 0.721. The molecule has 1 aliphatic heterocycles. The van der Waals surface area contributed by atoms with Crippen LogP contribution in [0.3, 0.4) is 0 Å². The molecule has 7 nitrogen and oxygen atoms in total. The molecule has 0 saturated heterocycles. The van der Waals surface area contributed by atoms with Crippen LogP contribution >= 0.6 is 23.4 Å². The van der Waals surface area contributed by atoms with Crippen LogP contribution in [-0.4, -0.2) is 38.5 Å². The Labute approximate surface area is 165 Å². The number of carbonyl (C=O) groups is 1. The lowest BCUT2D eigenvalue weighted by Gasteiger charge is -2.13. The summed E-state index contributed by atoms with van der Waals surface area (Å²) in [6.45, 7) is 0. The van der Waals surface area contributed by atoms with Gasteiger partial charge in [0, 0.05) is 10.7 Å². The zero-order valence-electron chi connectivity index (χ0n) is 14.4. The Hall–Kier alpha value is -2.58. The van der Waals surface area contributed by atoms with Crippen molar-refractivity contribution in [3.8, 4) is 11.4 Å². The maximum absolute atomic E-state index is 12.7. The van der Waals surface area contributed by atoms with E-state index < -0.39 is 0 Å². The number of fused-ring (bicyclic) bond motifs is 1. The van der Waals surface area contributed by atoms with Crippen molar-refractivity contribution < 1.29 is 9.53 Å². The first-order valence-electron chi connectivity index (χ1n) is 8.33. The van der Waals surface area contributed by atoms with Gasteiger partial charge >= 0.3 is 0 Å². The van der Waals surface area contributed by atoms with Gasteiger partial charge in [-0.1, -0.05) is 41.6 Å². The second kappa shape index (κ2) is 7.58. The molecule has 0 saturated carbocycles. The fourth-order valence-corrected chi connectivity index (χ4v) is 4.10. The highest BCUT2D eigenvalue weighted by Gasteiger charge is 2.27. The summed E-state index contributed by atoms with van der Waals surface area (Å²) < 4.78 is 6.93. The average molecular weight is 402 g/mol. The number of benzene rings is 2. The van der Waals surface area contributed by atoms with Crippen molar-refractivity contribution in [1.82, 2.24) is 20.2 Å². The molecular weight excluding hydrogens is 386 g/mol. The molecule has 1 aliphatic rings. The summed E-state index contributed by atoms with van der Waals surface area (Å²) in [4.78, 5) is 12.7. The molecule has 138 valence electrons. The number of hydrogen-bond acceptors (Lipinski definition) is 6. The van der Waals surface area contributed by atoms with E-state index in [9.17, 15) is 4.79 Å². The van der Waals surface area contributed by atoms with E-state index in [1.165, 1.54) is 11.8 Å². The first kappa shape index (κ1) is 17.8. The lowest BCUT2D eigenvalue weighted by molar-refractivity contribution is -0.115. The van der Waals surface area contributed by atoms with E-state index in [2.05, 4.69) is 20.8 Å². The van der Waals surface area contributed by atoms with Crippen molar-refractivity contribution in [2.24, 2.45) is 0 Å². The van der Waals surface area contributed by atoms with Gasteiger partial charge in [-0.05, 0) is 53.1 Å². The van der Waals surface area contributed by atoms with Crippen molar-refractivity contribution in [2.45, 2.75) is 23.2 Å². The van der Waals surface area contributed by atoms with Gasteiger partial charge in [0.05, 0.1) is 12.4 Å². The van der Waals surface area contributed by atoms with Gasteiger partial charge in [0.1, 0.15) is 11.4 Å². The average Bonchev–Trinajstić information content (AvgIpc) is 3.07. The van der Waals surface area contributed by atoms with Gasteiger partial charge in [0.25, 0.3) is 0 Å². The van der Waals surface area contributed by atoms with E-state index in [0.717, 1.165) is 17.7 Å². The third-order valence-electron chi connectivity index (χ3n) is 4.30. The van der Waals surface area contributed by atoms with E-state index in [0.29, 0.717) is 28.0 Å². The number of ether oxygens (including phenoxy) is 1. The molecule has 0 radical (unpaired) electrons. The fraction of sp³-hybridized carbons (Fsp3) is 0.222. The first-order chi connectivity index (χ1) is 13.2. The maximum Gasteiger partial charge on any atom is 0.237 e. The van der Waals surface area contributed by atoms with Gasteiger partial charge < -0.3 is 10.1 Å². The van der Waals surface area contributed by atoms with Crippen LogP contribution in [0.2, 0.25) is 5.02 Å². The monoisotopic (exact) mass is 401 g/mol. The predicted molar refractivity (Wildman–Crippen MR) is 104 cm³/mol. The number of aryl methyl sites for hydroxylation is 1. The molecule has 3 aromatic rings. The van der Waals surface area contributed by atoms with Crippen LogP contribution < -0.4 is 10.1 Å². The zero-order chi connectivity index (χ0) is 18.8. The number of nitrogens with one attached hydrogen (secondary N) is 1. The fourth-order valence-electron chi connectivity index (χ4n) is 2.96. The van der Waals surface area contributed by atoms with Crippen LogP contribution in [0, 0.1) is 0 Å². The Balaban J connectivity index is 1.61. The Morgan fingerprint density at radius 2 is 2.15 bits per heavy atom. The van der Waals surface area contributed by atoms with Gasteiger partial charge in [-0.15, -0.1) is 5.10 Å². The highest BCUT2D eigenvalue weighted by molar-refractivity contribution is 8.00. The number of aromatic nitrogens is 4. The second-order valence-corrected chi connectivity index (χ2v) is 7.59. The molecule has 2 aromatic carbocycles. The summed E-state index contributed by atoms with van der Waals surface area (Å²) in [6, 6.07) is 13.1. The zero-order valence-corrected chi connectivity index (χ0v) is 16.0. The van der Waals surface area contributed by atoms with Crippen LogP contribution in [0.4, 0.5) is 5.69 Å². The van der Waals surface area contributed by atoms with Gasteiger partial charge in [0.15, 0.2) is 0 Å². The first-order valence-corrected chi connectivity index (χ1v) is 9.59. The molecule has 0 fully saturated rings. The predicted octanol–water partition coefficient (Wildman–Crippen LogP) is 3.37. The summed E-state index contributed by atoms with van der Waals surface area (Å²) in [5.74, 6) is 0.531. The van der Waals surface area contributed by atoms with Crippen LogP contribution in [0.1, 0.15) is 12.0 Å². The van der Waals surface area contributed by atoms with E-state index in [4.69, 9.17) is 16.3 Å². The maximum atomic E-state index is 12.7. The number of hydrogen-bond donors (Lipinski definition) is 1. The van der Waals surface area contributed by atoms with Gasteiger partial charge in [-0.3, -0.25) is 4.79 Å². The molecule has 1 aromatic heterocycles. The third-order valence-corrected chi connectivity index (χ3v) is 5.74. The molecule has 1 N–H and O–H groups in total. The van der Waals surface area contributed by atoms with Crippen LogP contribution in [0.5, 0.6) is 5.75 Å². The Morgan fingerprint density at radius 1 is 1.30 bits per heavy atom. The summed E-state index contributed by atoms with van der Waals surface area (Å²) in [7, 11) is 1.57. The molecule has 1 amide bonds. The topological polar surface area (TPSA) is 81.9 Å². The number of rotatable bonds is 4. The van der Waals surface area contributed by atoms with Crippen molar-refractivity contribution in [2.75, 3.05) is 12.4 Å². The Morgan fingerprint density at radius 3 is 3.00 bits per heavy atom. The number of methoxy groups -OCH3 is 1. The number of tetrazole rings is 1. The minimum atomic E-state index is -0.313. The molecule has 2 heterocycles. The molecule has 1 atom stereocenters. The highest BCUT2D eigenvalue weighted by atomic mass is 35.5. The Kier molecular flexibility index (Phi) is 5.00. The number of nitrogens with zero attached hydrogens (tertiary/aromatic N) is 4. The lowest BCUT2D eigenvalue weighted by Crippen LogP contribution is -2.24. The normalized spacial score (nSPS) is 16.4. The van der Waals surface area contributed by atoms with E-state index in [1.807, 2.05) is 24.3 Å². The molecule has 0 bridgehead atoms. The van der Waals surface area contributed by atoms with Crippen LogP contribution in [0.15, 0.2) is 47.6 Å². The SMILES string of the molecule is COc1ccc(Cl)cc1-n1nnnc1S[C@@H]1CCc2ccccc2NC1=O. The highest BCUT2D eigenvalue weighted by Crippen LogP contribution is 2.33. The standard InChI is InChI=1S/C18H16ClN5O2S/c1-26-15-8-7-12(19)10-14(15)24-18(21-22-23-24)27-16-9-6-11-4-2-3-5-13(11)20-17(16)25/h2-5,7-8,10,16H,6,9H2,1H3,(H,20,25)/t16-/m1/s1. The summed E-state index contributed by atoms with van der Waals surface area (Å²) in [5, 5.41) is 15.6. The van der Waals surface area contributed by atoms with E-state index in [1.54, 1.807) is 30.0 Å². The molecule has 4 rings (SSSR count). The van der Waals surface area contributed by atoms with E-state index in [-0.39, 0.29) is 11.2 Å². The molecular formula is C18H16ClN5O2S. The third kappa shape index (κ3) is 3.63. The van der Waals surface area contributed by atoms with Gasteiger partial charge in [0.2, 0.25) is 11.1 Å². The van der Waals surface area contributed by atoms with E-state index >= 15 is 0 Å². The molecule has 0 aliphatic carbocycles. The number of para-hydroxylation sites is 1. The number of halogens is 1. The molecule has 0 spiro atoms. The number of carbonyl (C=O) groups excluding carboxylic acids is 1. The summed E-state index contributed by atoms with van der Waals surface area (Å²) >= 11 is 7.45. The van der Waals surface area contributed by atoms with Crippen molar-refractivity contribution in [1.29, 1.82) is 0 Å². The molecule has 9 heteroatoms. The summed E-state index contributed by atoms with van der Waals surface area (Å²) in [6.07, 6.45) is 1.49. The summed E-state index contributed by atoms with van der Waals surface area (Å²) in [5.41, 5.74) is 2.61. The molecule has 27 heavy (non-hydrogen) atoms.